The number of rotatable bonds is 7. The average molecular weight is 413 g/mol. The van der Waals surface area contributed by atoms with Crippen molar-refractivity contribution in [2.24, 2.45) is 0 Å². The quantitative estimate of drug-likeness (QED) is 0.504. The predicted molar refractivity (Wildman–Crippen MR) is 116 cm³/mol. The topological polar surface area (TPSA) is 53.5 Å². The molecule has 0 atom stereocenters. The minimum Gasteiger partial charge on any atom is -0.497 e. The number of aromatic nitrogens is 2. The number of benzene rings is 2. The molecule has 1 aromatic heterocycles. The highest BCUT2D eigenvalue weighted by molar-refractivity contribution is 6.31. The van der Waals surface area contributed by atoms with Gasteiger partial charge in [0.1, 0.15) is 17.2 Å². The van der Waals surface area contributed by atoms with Gasteiger partial charge < -0.3 is 14.2 Å². The molecule has 0 aliphatic heterocycles. The lowest BCUT2D eigenvalue weighted by molar-refractivity contribution is 0.395. The number of halogens is 1. The second-order valence-corrected chi connectivity index (χ2v) is 6.87. The molecule has 0 radical (unpaired) electrons. The average Bonchev–Trinajstić information content (AvgIpc) is 2.77. The second kappa shape index (κ2) is 9.14. The smallest absolute Gasteiger partial charge is 0.132 e. The van der Waals surface area contributed by atoms with Gasteiger partial charge in [-0.05, 0) is 43.2 Å². The lowest BCUT2D eigenvalue weighted by atomic mass is 10.0. The Morgan fingerprint density at radius 2 is 1.34 bits per heavy atom. The Morgan fingerprint density at radius 3 is 1.90 bits per heavy atom. The molecule has 3 aromatic rings. The molecule has 0 spiro atoms. The third-order valence-electron chi connectivity index (χ3n) is 4.79. The number of hydrogen-bond acceptors (Lipinski definition) is 5. The van der Waals surface area contributed by atoms with Gasteiger partial charge in [-0.2, -0.15) is 0 Å². The van der Waals surface area contributed by atoms with Crippen LogP contribution in [0.2, 0.25) is 5.02 Å². The van der Waals surface area contributed by atoms with E-state index >= 15 is 0 Å². The van der Waals surface area contributed by atoms with E-state index in [-0.39, 0.29) is 0 Å². The SMILES string of the molecule is CCc1nc(-c2cc(Cl)ccc2OC)c(CC)nc1-c1ccc(OC)cc1OC. The van der Waals surface area contributed by atoms with Gasteiger partial charge in [0.05, 0.1) is 44.1 Å². The maximum absolute atomic E-state index is 6.26. The molecular weight excluding hydrogens is 388 g/mol. The largest absolute Gasteiger partial charge is 0.497 e. The summed E-state index contributed by atoms with van der Waals surface area (Å²) in [6.07, 6.45) is 1.44. The maximum Gasteiger partial charge on any atom is 0.132 e. The molecule has 5 nitrogen and oxygen atoms in total. The monoisotopic (exact) mass is 412 g/mol. The fourth-order valence-corrected chi connectivity index (χ4v) is 3.46. The highest BCUT2D eigenvalue weighted by Crippen LogP contribution is 2.38. The van der Waals surface area contributed by atoms with Gasteiger partial charge in [-0.1, -0.05) is 25.4 Å². The summed E-state index contributed by atoms with van der Waals surface area (Å²) in [6.45, 7) is 4.12. The lowest BCUT2D eigenvalue weighted by Gasteiger charge is -2.17. The second-order valence-electron chi connectivity index (χ2n) is 6.43. The standard InChI is InChI=1S/C23H25ClN2O3/c1-6-18-22(16-10-9-15(27-3)13-21(16)29-5)25-19(7-2)23(26-18)17-12-14(24)8-11-20(17)28-4/h8-13H,6-7H2,1-5H3. The van der Waals surface area contributed by atoms with Crippen LogP contribution in [0.3, 0.4) is 0 Å². The van der Waals surface area contributed by atoms with Crippen LogP contribution in [0.15, 0.2) is 36.4 Å². The molecule has 3 rings (SSSR count). The lowest BCUT2D eigenvalue weighted by Crippen LogP contribution is -2.06. The van der Waals surface area contributed by atoms with Crippen molar-refractivity contribution in [3.63, 3.8) is 0 Å². The molecular formula is C23H25ClN2O3. The maximum atomic E-state index is 6.26. The molecule has 1 heterocycles. The van der Waals surface area contributed by atoms with Crippen molar-refractivity contribution in [1.29, 1.82) is 0 Å². The van der Waals surface area contributed by atoms with E-state index in [0.29, 0.717) is 17.2 Å². The van der Waals surface area contributed by atoms with E-state index in [4.69, 9.17) is 35.8 Å². The van der Waals surface area contributed by atoms with Crippen LogP contribution in [0.5, 0.6) is 17.2 Å². The van der Waals surface area contributed by atoms with Crippen molar-refractivity contribution >= 4 is 11.6 Å². The normalized spacial score (nSPS) is 10.7. The molecule has 0 aliphatic rings. The highest BCUT2D eigenvalue weighted by atomic mass is 35.5. The molecule has 0 bridgehead atoms. The zero-order valence-corrected chi connectivity index (χ0v) is 18.1. The Bertz CT molecular complexity index is 1020. The van der Waals surface area contributed by atoms with Crippen LogP contribution in [-0.4, -0.2) is 31.3 Å². The first-order valence-corrected chi connectivity index (χ1v) is 9.90. The van der Waals surface area contributed by atoms with Crippen molar-refractivity contribution < 1.29 is 14.2 Å². The van der Waals surface area contributed by atoms with Crippen LogP contribution in [0.1, 0.15) is 25.2 Å². The van der Waals surface area contributed by atoms with Crippen LogP contribution >= 0.6 is 11.6 Å². The third-order valence-corrected chi connectivity index (χ3v) is 5.03. The van der Waals surface area contributed by atoms with Gasteiger partial charge in [0.2, 0.25) is 0 Å². The molecule has 29 heavy (non-hydrogen) atoms. The molecule has 6 heteroatoms. The van der Waals surface area contributed by atoms with Crippen molar-refractivity contribution in [3.05, 3.63) is 52.8 Å². The Labute approximate surface area is 176 Å². The highest BCUT2D eigenvalue weighted by Gasteiger charge is 2.20. The fraction of sp³-hybridized carbons (Fsp3) is 0.304. The summed E-state index contributed by atoms with van der Waals surface area (Å²) in [5.74, 6) is 2.14. The molecule has 2 aromatic carbocycles. The molecule has 0 N–H and O–H groups in total. The molecule has 0 saturated carbocycles. The summed E-state index contributed by atoms with van der Waals surface area (Å²) >= 11 is 6.26. The number of methoxy groups -OCH3 is 3. The van der Waals surface area contributed by atoms with Gasteiger partial charge in [-0.25, -0.2) is 9.97 Å². The Kier molecular flexibility index (Phi) is 6.60. The Morgan fingerprint density at radius 1 is 0.724 bits per heavy atom. The molecule has 0 fully saturated rings. The van der Waals surface area contributed by atoms with Crippen molar-refractivity contribution in [2.75, 3.05) is 21.3 Å². The summed E-state index contributed by atoms with van der Waals surface area (Å²) in [7, 11) is 4.92. The van der Waals surface area contributed by atoms with Gasteiger partial charge >= 0.3 is 0 Å². The van der Waals surface area contributed by atoms with Gasteiger partial charge in [-0.3, -0.25) is 0 Å². The van der Waals surface area contributed by atoms with Gasteiger partial charge in [0.15, 0.2) is 0 Å². The molecule has 0 aliphatic carbocycles. The first-order chi connectivity index (χ1) is 14.1. The van der Waals surface area contributed by atoms with E-state index in [1.807, 2.05) is 30.3 Å². The van der Waals surface area contributed by atoms with Gasteiger partial charge in [0, 0.05) is 22.2 Å². The van der Waals surface area contributed by atoms with Crippen LogP contribution in [0.25, 0.3) is 22.5 Å². The Balaban J connectivity index is 2.25. The summed E-state index contributed by atoms with van der Waals surface area (Å²) in [6, 6.07) is 11.2. The first-order valence-electron chi connectivity index (χ1n) is 9.52. The molecule has 0 saturated heterocycles. The number of hydrogen-bond donors (Lipinski definition) is 0. The van der Waals surface area contributed by atoms with Crippen molar-refractivity contribution in [3.8, 4) is 39.8 Å². The van der Waals surface area contributed by atoms with E-state index in [9.17, 15) is 0 Å². The minimum atomic E-state index is 0.628. The van der Waals surface area contributed by atoms with Crippen molar-refractivity contribution in [1.82, 2.24) is 9.97 Å². The summed E-state index contributed by atoms with van der Waals surface area (Å²) in [5.41, 5.74) is 5.08. The van der Waals surface area contributed by atoms with Crippen LogP contribution in [0.4, 0.5) is 0 Å². The van der Waals surface area contributed by atoms with Crippen LogP contribution in [0, 0.1) is 0 Å². The van der Waals surface area contributed by atoms with E-state index in [1.165, 1.54) is 0 Å². The Hall–Kier alpha value is -2.79. The number of ether oxygens (including phenoxy) is 3. The number of nitrogens with zero attached hydrogens (tertiary/aromatic N) is 2. The summed E-state index contributed by atoms with van der Waals surface area (Å²) < 4.78 is 16.5. The van der Waals surface area contributed by atoms with Crippen LogP contribution in [-0.2, 0) is 12.8 Å². The van der Waals surface area contributed by atoms with Gasteiger partial charge in [0.25, 0.3) is 0 Å². The fourth-order valence-electron chi connectivity index (χ4n) is 3.29. The van der Waals surface area contributed by atoms with E-state index in [2.05, 4.69) is 13.8 Å². The minimum absolute atomic E-state index is 0.628. The predicted octanol–water partition coefficient (Wildman–Crippen LogP) is 5.61. The molecule has 0 unspecified atom stereocenters. The van der Waals surface area contributed by atoms with Crippen LogP contribution < -0.4 is 14.2 Å². The van der Waals surface area contributed by atoms with E-state index in [1.54, 1.807) is 27.4 Å². The first kappa shape index (κ1) is 20.9. The zero-order chi connectivity index (χ0) is 21.0. The zero-order valence-electron chi connectivity index (χ0n) is 17.4. The van der Waals surface area contributed by atoms with Gasteiger partial charge in [-0.15, -0.1) is 0 Å². The molecule has 0 amide bonds. The summed E-state index contributed by atoms with van der Waals surface area (Å²) in [5, 5.41) is 0.628. The molecule has 152 valence electrons. The third kappa shape index (κ3) is 4.15. The number of aryl methyl sites for hydroxylation is 2. The summed E-state index contributed by atoms with van der Waals surface area (Å²) in [4.78, 5) is 9.98. The van der Waals surface area contributed by atoms with E-state index < -0.39 is 0 Å². The van der Waals surface area contributed by atoms with E-state index in [0.717, 1.165) is 51.8 Å². The van der Waals surface area contributed by atoms with Crippen molar-refractivity contribution in [2.45, 2.75) is 26.7 Å².